The standard InChI is InChI=1S/C18H28N2S/c1-13(2)20(14(3)4)11-10-19-15(5)18-12-16-8-6-7-9-17(16)21-18/h6-9,12-15,19H,10-11H2,1-5H3. The summed E-state index contributed by atoms with van der Waals surface area (Å²) in [4.78, 5) is 3.96. The van der Waals surface area contributed by atoms with Gasteiger partial charge in [0.15, 0.2) is 0 Å². The van der Waals surface area contributed by atoms with E-state index in [0.717, 1.165) is 13.1 Å². The average Bonchev–Trinajstić information content (AvgIpc) is 2.86. The van der Waals surface area contributed by atoms with Crippen LogP contribution in [-0.4, -0.2) is 30.1 Å². The molecule has 3 heteroatoms. The van der Waals surface area contributed by atoms with Crippen LogP contribution in [0.25, 0.3) is 10.1 Å². The molecule has 2 aromatic rings. The molecular weight excluding hydrogens is 276 g/mol. The Morgan fingerprint density at radius 2 is 1.71 bits per heavy atom. The summed E-state index contributed by atoms with van der Waals surface area (Å²) in [6.07, 6.45) is 0. The molecule has 21 heavy (non-hydrogen) atoms. The highest BCUT2D eigenvalue weighted by atomic mass is 32.1. The zero-order valence-electron chi connectivity index (χ0n) is 13.9. The fourth-order valence-corrected chi connectivity index (χ4v) is 3.93. The molecule has 0 aliphatic carbocycles. The molecule has 1 unspecified atom stereocenters. The Labute approximate surface area is 133 Å². The van der Waals surface area contributed by atoms with Gasteiger partial charge in [-0.15, -0.1) is 11.3 Å². The SMILES string of the molecule is CC(NCCN(C(C)C)C(C)C)c1cc2ccccc2s1. The van der Waals surface area contributed by atoms with Crippen molar-refractivity contribution in [1.29, 1.82) is 0 Å². The van der Waals surface area contributed by atoms with Crippen molar-refractivity contribution in [3.63, 3.8) is 0 Å². The predicted octanol–water partition coefficient (Wildman–Crippen LogP) is 4.67. The molecule has 0 aliphatic rings. The van der Waals surface area contributed by atoms with Gasteiger partial charge in [-0.2, -0.15) is 0 Å². The fourth-order valence-electron chi connectivity index (χ4n) is 2.84. The first-order valence-electron chi connectivity index (χ1n) is 7.96. The van der Waals surface area contributed by atoms with E-state index in [9.17, 15) is 0 Å². The van der Waals surface area contributed by atoms with Crippen LogP contribution in [-0.2, 0) is 0 Å². The Hall–Kier alpha value is -0.900. The molecule has 1 heterocycles. The van der Waals surface area contributed by atoms with Crippen molar-refractivity contribution >= 4 is 21.4 Å². The second kappa shape index (κ2) is 7.39. The Balaban J connectivity index is 1.91. The van der Waals surface area contributed by atoms with Gasteiger partial charge >= 0.3 is 0 Å². The lowest BCUT2D eigenvalue weighted by Gasteiger charge is -2.31. The smallest absolute Gasteiger partial charge is 0.0386 e. The second-order valence-electron chi connectivity index (χ2n) is 6.29. The fraction of sp³-hybridized carbons (Fsp3) is 0.556. The first-order valence-corrected chi connectivity index (χ1v) is 8.78. The molecule has 0 radical (unpaired) electrons. The molecule has 116 valence electrons. The molecule has 0 spiro atoms. The molecule has 0 saturated heterocycles. The summed E-state index contributed by atoms with van der Waals surface area (Å²) in [5.41, 5.74) is 0. The minimum atomic E-state index is 0.420. The van der Waals surface area contributed by atoms with Crippen LogP contribution in [0.15, 0.2) is 30.3 Å². The molecule has 0 saturated carbocycles. The normalized spacial score (nSPS) is 13.7. The van der Waals surface area contributed by atoms with Crippen molar-refractivity contribution in [3.8, 4) is 0 Å². The number of nitrogens with zero attached hydrogens (tertiary/aromatic N) is 1. The van der Waals surface area contributed by atoms with E-state index in [1.165, 1.54) is 15.0 Å². The zero-order valence-corrected chi connectivity index (χ0v) is 14.7. The van der Waals surface area contributed by atoms with Gasteiger partial charge in [-0.05, 0) is 52.1 Å². The van der Waals surface area contributed by atoms with Gasteiger partial charge in [-0.1, -0.05) is 18.2 Å². The molecular formula is C18H28N2S. The third-order valence-electron chi connectivity index (χ3n) is 4.02. The summed E-state index contributed by atoms with van der Waals surface area (Å²) < 4.78 is 1.38. The third-order valence-corrected chi connectivity index (χ3v) is 5.32. The van der Waals surface area contributed by atoms with E-state index in [1.54, 1.807) is 0 Å². The number of hydrogen-bond acceptors (Lipinski definition) is 3. The lowest BCUT2D eigenvalue weighted by atomic mass is 10.2. The number of hydrogen-bond donors (Lipinski definition) is 1. The minimum absolute atomic E-state index is 0.420. The van der Waals surface area contributed by atoms with Crippen LogP contribution in [0.1, 0.15) is 45.5 Å². The summed E-state index contributed by atoms with van der Waals surface area (Å²) in [6.45, 7) is 13.5. The zero-order chi connectivity index (χ0) is 15.4. The highest BCUT2D eigenvalue weighted by Gasteiger charge is 2.14. The quantitative estimate of drug-likeness (QED) is 0.799. The van der Waals surface area contributed by atoms with Crippen LogP contribution in [0.3, 0.4) is 0 Å². The molecule has 2 nitrogen and oxygen atoms in total. The number of benzene rings is 1. The Bertz CT molecular complexity index is 518. The molecule has 0 aliphatic heterocycles. The molecule has 1 N–H and O–H groups in total. The van der Waals surface area contributed by atoms with Gasteiger partial charge in [0.1, 0.15) is 0 Å². The highest BCUT2D eigenvalue weighted by molar-refractivity contribution is 7.19. The Kier molecular flexibility index (Phi) is 5.80. The van der Waals surface area contributed by atoms with Crippen LogP contribution in [0, 0.1) is 0 Å². The van der Waals surface area contributed by atoms with Crippen LogP contribution >= 0.6 is 11.3 Å². The van der Waals surface area contributed by atoms with Crippen molar-refractivity contribution in [2.24, 2.45) is 0 Å². The second-order valence-corrected chi connectivity index (χ2v) is 7.40. The van der Waals surface area contributed by atoms with E-state index in [4.69, 9.17) is 0 Å². The maximum Gasteiger partial charge on any atom is 0.0386 e. The number of nitrogens with one attached hydrogen (secondary N) is 1. The van der Waals surface area contributed by atoms with Crippen molar-refractivity contribution in [3.05, 3.63) is 35.2 Å². The molecule has 0 bridgehead atoms. The van der Waals surface area contributed by atoms with E-state index < -0.39 is 0 Å². The summed E-state index contributed by atoms with van der Waals surface area (Å²) in [5, 5.41) is 5.03. The van der Waals surface area contributed by atoms with Crippen molar-refractivity contribution in [2.75, 3.05) is 13.1 Å². The first kappa shape index (κ1) is 16.5. The van der Waals surface area contributed by atoms with Gasteiger partial charge in [-0.25, -0.2) is 0 Å². The lowest BCUT2D eigenvalue weighted by Crippen LogP contribution is -2.41. The molecule has 1 aromatic heterocycles. The minimum Gasteiger partial charge on any atom is -0.308 e. The first-order chi connectivity index (χ1) is 9.99. The highest BCUT2D eigenvalue weighted by Crippen LogP contribution is 2.29. The largest absolute Gasteiger partial charge is 0.308 e. The van der Waals surface area contributed by atoms with Crippen molar-refractivity contribution < 1.29 is 0 Å². The number of fused-ring (bicyclic) bond motifs is 1. The molecule has 1 atom stereocenters. The predicted molar refractivity (Wildman–Crippen MR) is 95.2 cm³/mol. The maximum atomic E-state index is 3.67. The topological polar surface area (TPSA) is 15.3 Å². The molecule has 0 fully saturated rings. The number of thiophene rings is 1. The van der Waals surface area contributed by atoms with Crippen molar-refractivity contribution in [2.45, 2.75) is 52.7 Å². The Morgan fingerprint density at radius 1 is 1.05 bits per heavy atom. The van der Waals surface area contributed by atoms with Crippen LogP contribution in [0.2, 0.25) is 0 Å². The van der Waals surface area contributed by atoms with Gasteiger partial charge in [-0.3, -0.25) is 4.90 Å². The van der Waals surface area contributed by atoms with Crippen LogP contribution in [0.4, 0.5) is 0 Å². The van der Waals surface area contributed by atoms with Crippen molar-refractivity contribution in [1.82, 2.24) is 10.2 Å². The van der Waals surface area contributed by atoms with Gasteiger partial charge in [0, 0.05) is 40.8 Å². The van der Waals surface area contributed by atoms with E-state index in [-0.39, 0.29) is 0 Å². The summed E-state index contributed by atoms with van der Waals surface area (Å²) in [5.74, 6) is 0. The molecule has 1 aromatic carbocycles. The lowest BCUT2D eigenvalue weighted by molar-refractivity contribution is 0.174. The summed E-state index contributed by atoms with van der Waals surface area (Å²) in [6, 6.07) is 12.6. The van der Waals surface area contributed by atoms with Gasteiger partial charge in [0.05, 0.1) is 0 Å². The molecule has 0 amide bonds. The van der Waals surface area contributed by atoms with Crippen LogP contribution in [0.5, 0.6) is 0 Å². The number of rotatable bonds is 7. The third kappa shape index (κ3) is 4.29. The van der Waals surface area contributed by atoms with Gasteiger partial charge in [0.2, 0.25) is 0 Å². The average molecular weight is 305 g/mol. The maximum absolute atomic E-state index is 3.67. The van der Waals surface area contributed by atoms with E-state index in [1.807, 2.05) is 11.3 Å². The van der Waals surface area contributed by atoms with E-state index in [0.29, 0.717) is 18.1 Å². The Morgan fingerprint density at radius 3 is 2.33 bits per heavy atom. The van der Waals surface area contributed by atoms with E-state index in [2.05, 4.69) is 75.2 Å². The monoisotopic (exact) mass is 304 g/mol. The van der Waals surface area contributed by atoms with Gasteiger partial charge < -0.3 is 5.32 Å². The van der Waals surface area contributed by atoms with Crippen LogP contribution < -0.4 is 5.32 Å². The van der Waals surface area contributed by atoms with Gasteiger partial charge in [0.25, 0.3) is 0 Å². The summed E-state index contributed by atoms with van der Waals surface area (Å²) in [7, 11) is 0. The summed E-state index contributed by atoms with van der Waals surface area (Å²) >= 11 is 1.90. The van der Waals surface area contributed by atoms with E-state index >= 15 is 0 Å². The molecule has 2 rings (SSSR count).